The Morgan fingerprint density at radius 2 is 1.57 bits per heavy atom. The second-order valence-corrected chi connectivity index (χ2v) is 3.10. The molecule has 2 N–H and O–H groups in total. The monoisotopic (exact) mass is 285 g/mol. The molecule has 0 spiro atoms. The molecular weight excluding hydrogens is 276 g/mol. The van der Waals surface area contributed by atoms with E-state index in [4.69, 9.17) is 14.4 Å². The van der Waals surface area contributed by atoms with E-state index in [-0.39, 0.29) is 46.6 Å². The van der Waals surface area contributed by atoms with Crippen molar-refractivity contribution in [2.24, 2.45) is 0 Å². The Morgan fingerprint density at radius 3 is 1.79 bits per heavy atom. The van der Waals surface area contributed by atoms with Crippen molar-refractivity contribution in [3.8, 4) is 0 Å². The van der Waals surface area contributed by atoms with Gasteiger partial charge in [-0.3, -0.25) is 4.57 Å². The van der Waals surface area contributed by atoms with Gasteiger partial charge in [0, 0.05) is 22.4 Å². The van der Waals surface area contributed by atoms with Crippen LogP contribution in [0.15, 0.2) is 30.3 Å². The van der Waals surface area contributed by atoms with Gasteiger partial charge in [0.15, 0.2) is 0 Å². The molecule has 0 aliphatic rings. The zero-order valence-electron chi connectivity index (χ0n) is 6.42. The Hall–Kier alpha value is 0.989. The zero-order valence-corrected chi connectivity index (χ0v) is 9.50. The van der Waals surface area contributed by atoms with Crippen molar-refractivity contribution in [2.45, 2.75) is 0 Å². The molecule has 0 fully saturated rings. The molecule has 8 heteroatoms. The molecule has 1 atom stereocenters. The molecule has 0 saturated carbocycles. The molecule has 1 aromatic carbocycles. The normalized spacial score (nSPS) is 9.86. The second kappa shape index (κ2) is 14.0. The van der Waals surface area contributed by atoms with Gasteiger partial charge in [0.1, 0.15) is 0 Å². The summed E-state index contributed by atoms with van der Waals surface area (Å²) in [6.45, 7) is 0. The van der Waals surface area contributed by atoms with Crippen molar-refractivity contribution < 1.29 is 36.0 Å². The van der Waals surface area contributed by atoms with Gasteiger partial charge in [-0.1, -0.05) is 18.2 Å². The van der Waals surface area contributed by atoms with Crippen LogP contribution >= 0.6 is 16.7 Å². The standard InChI is InChI=1S/C6H7O2P.Mn.Na.HO2P.H/c7-9(8)6-4-2-1-3-5-6;;;1-3-2;/h1-5,9H,(H,7,8);;;(H,1,2);. The molecule has 1 unspecified atom stereocenters. The van der Waals surface area contributed by atoms with Gasteiger partial charge in [-0.15, -0.1) is 0 Å². The molecule has 0 aliphatic carbocycles. The van der Waals surface area contributed by atoms with Crippen LogP contribution in [0.4, 0.5) is 0 Å². The summed E-state index contributed by atoms with van der Waals surface area (Å²) in [5.74, 6) is 0. The number of rotatable bonds is 1. The number of hydrogen-bond donors (Lipinski definition) is 2. The predicted molar refractivity (Wildman–Crippen MR) is 54.3 cm³/mol. The van der Waals surface area contributed by atoms with Gasteiger partial charge in [0.05, 0.1) is 0 Å². The molecular formula is C6H9MnNaO4P2. The van der Waals surface area contributed by atoms with Gasteiger partial charge < -0.3 is 9.79 Å². The summed E-state index contributed by atoms with van der Waals surface area (Å²) in [6.07, 6.45) is 0. The average molecular weight is 285 g/mol. The molecule has 0 heterocycles. The molecule has 0 aromatic heterocycles. The van der Waals surface area contributed by atoms with E-state index >= 15 is 0 Å². The third kappa shape index (κ3) is 11.1. The van der Waals surface area contributed by atoms with E-state index in [1.807, 2.05) is 6.07 Å². The summed E-state index contributed by atoms with van der Waals surface area (Å²) in [5, 5.41) is 0.516. The van der Waals surface area contributed by atoms with Gasteiger partial charge in [-0.2, -0.15) is 0 Å². The average Bonchev–Trinajstić information content (AvgIpc) is 2.07. The summed E-state index contributed by atoms with van der Waals surface area (Å²) in [4.78, 5) is 15.6. The van der Waals surface area contributed by atoms with Crippen LogP contribution in [0.3, 0.4) is 0 Å². The first-order valence-electron chi connectivity index (χ1n) is 2.97. The molecule has 14 heavy (non-hydrogen) atoms. The molecule has 1 radical (unpaired) electrons. The molecule has 75 valence electrons. The molecule has 4 nitrogen and oxygen atoms in total. The van der Waals surface area contributed by atoms with Crippen molar-refractivity contribution in [2.75, 3.05) is 0 Å². The molecule has 0 saturated heterocycles. The Balaban J connectivity index is -0.000000218. The van der Waals surface area contributed by atoms with Crippen LogP contribution in [0.25, 0.3) is 0 Å². The van der Waals surface area contributed by atoms with Gasteiger partial charge >= 0.3 is 38.2 Å². The maximum absolute atomic E-state index is 10.4. The second-order valence-electron chi connectivity index (χ2n) is 1.75. The first kappa shape index (κ1) is 20.4. The van der Waals surface area contributed by atoms with E-state index in [0.717, 1.165) is 0 Å². The first-order chi connectivity index (χ1) is 5.72. The zero-order chi connectivity index (χ0) is 9.40. The van der Waals surface area contributed by atoms with Gasteiger partial charge in [0.2, 0.25) is 8.03 Å². The Labute approximate surface area is 117 Å². The SMILES string of the molecule is O=PO.O=[PH](O)c1ccccc1.[Mn].[NaH]. The van der Waals surface area contributed by atoms with Crippen molar-refractivity contribution in [3.05, 3.63) is 30.3 Å². The minimum atomic E-state index is -2.46. The van der Waals surface area contributed by atoms with Crippen molar-refractivity contribution >= 4 is 51.6 Å². The predicted octanol–water partition coefficient (Wildman–Crippen LogP) is 0.313. The van der Waals surface area contributed by atoms with Crippen LogP contribution in [0.5, 0.6) is 0 Å². The van der Waals surface area contributed by atoms with Crippen LogP contribution in [0, 0.1) is 0 Å². The van der Waals surface area contributed by atoms with Crippen LogP contribution in [-0.2, 0) is 26.2 Å². The summed E-state index contributed by atoms with van der Waals surface area (Å²) in [7, 11) is -3.30. The van der Waals surface area contributed by atoms with Gasteiger partial charge in [0.25, 0.3) is 0 Å². The van der Waals surface area contributed by atoms with Crippen LogP contribution in [0.1, 0.15) is 0 Å². The van der Waals surface area contributed by atoms with Crippen LogP contribution in [0.2, 0.25) is 0 Å². The summed E-state index contributed by atoms with van der Waals surface area (Å²) in [6, 6.07) is 8.58. The maximum atomic E-state index is 10.4. The number of benzene rings is 1. The summed E-state index contributed by atoms with van der Waals surface area (Å²) in [5.41, 5.74) is 0. The van der Waals surface area contributed by atoms with Crippen molar-refractivity contribution in [1.29, 1.82) is 0 Å². The Morgan fingerprint density at radius 1 is 1.21 bits per heavy atom. The molecule has 1 rings (SSSR count). The van der Waals surface area contributed by atoms with Crippen molar-refractivity contribution in [3.63, 3.8) is 0 Å². The minimum absolute atomic E-state index is 0. The molecule has 1 aromatic rings. The van der Waals surface area contributed by atoms with Crippen molar-refractivity contribution in [1.82, 2.24) is 0 Å². The van der Waals surface area contributed by atoms with E-state index in [2.05, 4.69) is 0 Å². The van der Waals surface area contributed by atoms with E-state index in [1.165, 1.54) is 0 Å². The van der Waals surface area contributed by atoms with Gasteiger partial charge in [-0.05, 0) is 12.1 Å². The third-order valence-electron chi connectivity index (χ3n) is 1.02. The fourth-order valence-electron chi connectivity index (χ4n) is 0.581. The quantitative estimate of drug-likeness (QED) is 0.575. The Kier molecular flexibility index (Phi) is 20.4. The summed E-state index contributed by atoms with van der Waals surface area (Å²) < 4.78 is 18.8. The number of hydrogen-bond acceptors (Lipinski definition) is 2. The van der Waals surface area contributed by atoms with Crippen LogP contribution in [-0.4, -0.2) is 39.3 Å². The van der Waals surface area contributed by atoms with E-state index in [9.17, 15) is 4.57 Å². The topological polar surface area (TPSA) is 74.6 Å². The first-order valence-corrected chi connectivity index (χ1v) is 5.09. The van der Waals surface area contributed by atoms with E-state index in [1.54, 1.807) is 24.3 Å². The third-order valence-corrected chi connectivity index (χ3v) is 1.85. The molecule has 0 bridgehead atoms. The molecule has 0 aliphatic heterocycles. The van der Waals surface area contributed by atoms with Gasteiger partial charge in [-0.25, -0.2) is 4.57 Å². The van der Waals surface area contributed by atoms with Crippen LogP contribution < -0.4 is 5.30 Å². The van der Waals surface area contributed by atoms with E-state index < -0.39 is 16.7 Å². The van der Waals surface area contributed by atoms with E-state index in [0.29, 0.717) is 5.30 Å². The Bertz CT molecular complexity index is 259. The summed E-state index contributed by atoms with van der Waals surface area (Å²) >= 11 is 0. The fourth-order valence-corrected chi connectivity index (χ4v) is 1.06. The fraction of sp³-hybridized carbons (Fsp3) is 0. The molecule has 0 amide bonds.